The summed E-state index contributed by atoms with van der Waals surface area (Å²) in [4.78, 5) is 12.7. The Labute approximate surface area is 115 Å². The number of hydrogen-bond donors (Lipinski definition) is 1. The molecule has 1 aliphatic carbocycles. The molecule has 20 heavy (non-hydrogen) atoms. The Hall–Kier alpha value is -1.54. The molecule has 1 amide bonds. The van der Waals surface area contributed by atoms with Crippen LogP contribution >= 0.6 is 0 Å². The fourth-order valence-corrected chi connectivity index (χ4v) is 2.41. The third-order valence-corrected chi connectivity index (χ3v) is 4.03. The van der Waals surface area contributed by atoms with Gasteiger partial charge in [-0.1, -0.05) is 0 Å². The van der Waals surface area contributed by atoms with Crippen LogP contribution in [0.2, 0.25) is 0 Å². The molecular formula is C12H14F2N2O3S. The third kappa shape index (κ3) is 3.13. The fourth-order valence-electron chi connectivity index (χ4n) is 1.86. The average Bonchev–Trinajstić information content (AvgIpc) is 3.14. The van der Waals surface area contributed by atoms with Gasteiger partial charge in [0.1, 0.15) is 0 Å². The number of sulfonamides is 1. The molecule has 0 unspecified atom stereocenters. The molecule has 0 heterocycles. The lowest BCUT2D eigenvalue weighted by atomic mass is 10.1. The highest BCUT2D eigenvalue weighted by Gasteiger charge is 2.28. The Balaban J connectivity index is 2.38. The largest absolute Gasteiger partial charge is 0.341 e. The zero-order valence-electron chi connectivity index (χ0n) is 10.8. The Morgan fingerprint density at radius 1 is 1.40 bits per heavy atom. The second-order valence-electron chi connectivity index (χ2n) is 4.94. The van der Waals surface area contributed by atoms with E-state index in [2.05, 4.69) is 0 Å². The standard InChI is InChI=1S/C12H14F2N2O3S/c1-16(6-7-2-3-7)12(17)9-4-8(20(15,18)19)5-10(13)11(9)14/h4-5,7H,2-3,6H2,1H3,(H2,15,18,19). The van der Waals surface area contributed by atoms with Gasteiger partial charge in [0.15, 0.2) is 11.6 Å². The van der Waals surface area contributed by atoms with E-state index in [-0.39, 0.29) is 0 Å². The number of hydrogen-bond acceptors (Lipinski definition) is 3. The molecule has 0 spiro atoms. The third-order valence-electron chi connectivity index (χ3n) is 3.14. The van der Waals surface area contributed by atoms with Crippen LogP contribution in [0.4, 0.5) is 8.78 Å². The van der Waals surface area contributed by atoms with E-state index >= 15 is 0 Å². The van der Waals surface area contributed by atoms with Crippen LogP contribution in [0.5, 0.6) is 0 Å². The molecule has 0 radical (unpaired) electrons. The van der Waals surface area contributed by atoms with E-state index in [0.29, 0.717) is 18.5 Å². The molecule has 1 aliphatic rings. The lowest BCUT2D eigenvalue weighted by Gasteiger charge is -2.17. The molecule has 2 N–H and O–H groups in total. The van der Waals surface area contributed by atoms with Gasteiger partial charge in [0, 0.05) is 13.6 Å². The fraction of sp³-hybridized carbons (Fsp3) is 0.417. The Morgan fingerprint density at radius 2 is 2.00 bits per heavy atom. The van der Waals surface area contributed by atoms with Crippen molar-refractivity contribution in [2.75, 3.05) is 13.6 Å². The predicted octanol–water partition coefficient (Wildman–Crippen LogP) is 1.09. The van der Waals surface area contributed by atoms with Crippen molar-refractivity contribution in [1.82, 2.24) is 4.90 Å². The van der Waals surface area contributed by atoms with E-state index in [1.54, 1.807) is 0 Å². The van der Waals surface area contributed by atoms with Gasteiger partial charge in [-0.2, -0.15) is 0 Å². The summed E-state index contributed by atoms with van der Waals surface area (Å²) in [5, 5.41) is 4.87. The zero-order valence-corrected chi connectivity index (χ0v) is 11.6. The van der Waals surface area contributed by atoms with Crippen molar-refractivity contribution < 1.29 is 22.0 Å². The van der Waals surface area contributed by atoms with Gasteiger partial charge < -0.3 is 4.90 Å². The van der Waals surface area contributed by atoms with Crippen LogP contribution in [-0.2, 0) is 10.0 Å². The van der Waals surface area contributed by atoms with Crippen LogP contribution in [0.1, 0.15) is 23.2 Å². The first-order chi connectivity index (χ1) is 9.20. The minimum atomic E-state index is -4.21. The highest BCUT2D eigenvalue weighted by atomic mass is 32.2. The smallest absolute Gasteiger partial charge is 0.256 e. The van der Waals surface area contributed by atoms with Crippen molar-refractivity contribution in [3.05, 3.63) is 29.3 Å². The van der Waals surface area contributed by atoms with E-state index in [1.807, 2.05) is 0 Å². The molecule has 110 valence electrons. The topological polar surface area (TPSA) is 80.5 Å². The molecule has 1 fully saturated rings. The van der Waals surface area contributed by atoms with Gasteiger partial charge in [-0.15, -0.1) is 0 Å². The summed E-state index contributed by atoms with van der Waals surface area (Å²) in [6, 6.07) is 1.22. The molecule has 0 saturated heterocycles. The summed E-state index contributed by atoms with van der Waals surface area (Å²) in [6.07, 6.45) is 1.98. The van der Waals surface area contributed by atoms with Crippen molar-refractivity contribution >= 4 is 15.9 Å². The minimum absolute atomic E-state index is 0.373. The number of carbonyl (C=O) groups excluding carboxylic acids is 1. The van der Waals surface area contributed by atoms with Crippen LogP contribution in [-0.4, -0.2) is 32.8 Å². The van der Waals surface area contributed by atoms with E-state index < -0.39 is 38.0 Å². The molecule has 1 saturated carbocycles. The Morgan fingerprint density at radius 3 is 2.50 bits per heavy atom. The lowest BCUT2D eigenvalue weighted by Crippen LogP contribution is -2.30. The van der Waals surface area contributed by atoms with Gasteiger partial charge in [-0.05, 0) is 30.9 Å². The van der Waals surface area contributed by atoms with Gasteiger partial charge in [-0.3, -0.25) is 4.79 Å². The van der Waals surface area contributed by atoms with E-state index in [4.69, 9.17) is 5.14 Å². The maximum atomic E-state index is 13.7. The van der Waals surface area contributed by atoms with Crippen LogP contribution < -0.4 is 5.14 Å². The Kier molecular flexibility index (Phi) is 3.79. The molecular weight excluding hydrogens is 290 g/mol. The molecule has 8 heteroatoms. The number of nitrogens with zero attached hydrogens (tertiary/aromatic N) is 1. The van der Waals surface area contributed by atoms with Crippen molar-refractivity contribution in [2.45, 2.75) is 17.7 Å². The summed E-state index contributed by atoms with van der Waals surface area (Å²) in [5.41, 5.74) is -0.628. The maximum Gasteiger partial charge on any atom is 0.256 e. The molecule has 0 aliphatic heterocycles. The predicted molar refractivity (Wildman–Crippen MR) is 67.4 cm³/mol. The van der Waals surface area contributed by atoms with Crippen LogP contribution in [0.15, 0.2) is 17.0 Å². The van der Waals surface area contributed by atoms with E-state index in [1.165, 1.54) is 11.9 Å². The number of rotatable bonds is 4. The Bertz CT molecular complexity index is 657. The van der Waals surface area contributed by atoms with Gasteiger partial charge in [0.2, 0.25) is 10.0 Å². The van der Waals surface area contributed by atoms with Gasteiger partial charge >= 0.3 is 0 Å². The quantitative estimate of drug-likeness (QED) is 0.904. The molecule has 2 rings (SSSR count). The lowest BCUT2D eigenvalue weighted by molar-refractivity contribution is 0.0782. The molecule has 0 bridgehead atoms. The molecule has 0 aromatic heterocycles. The SMILES string of the molecule is CN(CC1CC1)C(=O)c1cc(S(N)(=O)=O)cc(F)c1F. The number of primary sulfonamides is 1. The number of amides is 1. The zero-order chi connectivity index (χ0) is 15.1. The van der Waals surface area contributed by atoms with Crippen LogP contribution in [0.25, 0.3) is 0 Å². The number of benzene rings is 1. The highest BCUT2D eigenvalue weighted by molar-refractivity contribution is 7.89. The normalized spacial score (nSPS) is 15.2. The summed E-state index contributed by atoms with van der Waals surface area (Å²) in [7, 11) is -2.75. The van der Waals surface area contributed by atoms with Crippen molar-refractivity contribution in [1.29, 1.82) is 0 Å². The average molecular weight is 304 g/mol. The second-order valence-corrected chi connectivity index (χ2v) is 6.50. The highest BCUT2D eigenvalue weighted by Crippen LogP contribution is 2.30. The summed E-state index contributed by atoms with van der Waals surface area (Å²) in [5.74, 6) is -3.18. The summed E-state index contributed by atoms with van der Waals surface area (Å²) >= 11 is 0. The van der Waals surface area contributed by atoms with Crippen LogP contribution in [0, 0.1) is 17.6 Å². The van der Waals surface area contributed by atoms with Crippen LogP contribution in [0.3, 0.4) is 0 Å². The minimum Gasteiger partial charge on any atom is -0.341 e. The number of carbonyl (C=O) groups is 1. The van der Waals surface area contributed by atoms with Crippen molar-refractivity contribution in [3.63, 3.8) is 0 Å². The summed E-state index contributed by atoms with van der Waals surface area (Å²) < 4.78 is 49.5. The molecule has 5 nitrogen and oxygen atoms in total. The maximum absolute atomic E-state index is 13.7. The molecule has 0 atom stereocenters. The second kappa shape index (κ2) is 5.10. The van der Waals surface area contributed by atoms with E-state index in [0.717, 1.165) is 18.9 Å². The summed E-state index contributed by atoms with van der Waals surface area (Å²) in [6.45, 7) is 0.430. The first kappa shape index (κ1) is 14.9. The monoisotopic (exact) mass is 304 g/mol. The molecule has 1 aromatic rings. The van der Waals surface area contributed by atoms with Gasteiger partial charge in [0.25, 0.3) is 5.91 Å². The van der Waals surface area contributed by atoms with Crippen molar-refractivity contribution in [3.8, 4) is 0 Å². The van der Waals surface area contributed by atoms with Gasteiger partial charge in [-0.25, -0.2) is 22.3 Å². The van der Waals surface area contributed by atoms with Crippen molar-refractivity contribution in [2.24, 2.45) is 11.1 Å². The first-order valence-corrected chi connectivity index (χ1v) is 7.52. The van der Waals surface area contributed by atoms with Gasteiger partial charge in [0.05, 0.1) is 10.5 Å². The molecule has 1 aromatic carbocycles. The number of nitrogens with two attached hydrogens (primary N) is 1. The number of halogens is 2. The van der Waals surface area contributed by atoms with E-state index in [9.17, 15) is 22.0 Å². The first-order valence-electron chi connectivity index (χ1n) is 5.97.